The third-order valence-corrected chi connectivity index (χ3v) is 5.88. The van der Waals surface area contributed by atoms with Crippen molar-refractivity contribution in [1.82, 2.24) is 39.0 Å². The van der Waals surface area contributed by atoms with Gasteiger partial charge < -0.3 is 0 Å². The summed E-state index contributed by atoms with van der Waals surface area (Å²) >= 11 is 0. The Morgan fingerprint density at radius 3 is 1.54 bits per heavy atom. The summed E-state index contributed by atoms with van der Waals surface area (Å²) in [5.41, 5.74) is -2.00. The molecule has 0 aliphatic rings. The molecule has 0 aromatic carbocycles. The van der Waals surface area contributed by atoms with Gasteiger partial charge in [0.05, 0.1) is 12.4 Å². The number of H-pyrrole nitrogens is 2. The predicted molar refractivity (Wildman–Crippen MR) is 103 cm³/mol. The largest absolute Gasteiger partial charge is 0.329 e. The molecule has 4 rings (SSSR count). The van der Waals surface area contributed by atoms with Gasteiger partial charge in [0.15, 0.2) is 22.3 Å². The second-order valence-corrected chi connectivity index (χ2v) is 7.74. The number of hydrogen-bond donors (Lipinski definition) is 2. The molecule has 0 radical (unpaired) electrons. The van der Waals surface area contributed by atoms with Gasteiger partial charge in [-0.05, 0) is 21.6 Å². The zero-order valence-corrected chi connectivity index (χ0v) is 15.9. The summed E-state index contributed by atoms with van der Waals surface area (Å²) in [6.45, 7) is 0. The second kappa shape index (κ2) is 6.72. The summed E-state index contributed by atoms with van der Waals surface area (Å²) in [5, 5.41) is 0.835. The van der Waals surface area contributed by atoms with Crippen molar-refractivity contribution < 1.29 is 0 Å². The summed E-state index contributed by atoms with van der Waals surface area (Å²) in [6.07, 6.45) is 2.79. The van der Waals surface area contributed by atoms with Crippen molar-refractivity contribution in [3.63, 3.8) is 0 Å². The first-order valence-corrected chi connectivity index (χ1v) is 9.77. The zero-order valence-electron chi connectivity index (χ0n) is 14.3. The van der Waals surface area contributed by atoms with E-state index < -0.39 is 22.5 Å². The highest BCUT2D eigenvalue weighted by Gasteiger charge is 2.11. The molecule has 0 saturated heterocycles. The average molecular weight is 418 g/mol. The minimum atomic E-state index is -0.590. The zero-order chi connectivity index (χ0) is 20.0. The van der Waals surface area contributed by atoms with Crippen LogP contribution in [0.4, 0.5) is 0 Å². The van der Waals surface area contributed by atoms with Crippen molar-refractivity contribution in [2.45, 2.75) is 10.1 Å². The lowest BCUT2D eigenvalue weighted by atomic mass is 10.5. The number of nitrogens with zero attached hydrogens (tertiary/aromatic N) is 6. The van der Waals surface area contributed by atoms with Crippen LogP contribution in [0.1, 0.15) is 0 Å². The van der Waals surface area contributed by atoms with E-state index in [1.54, 1.807) is 0 Å². The van der Waals surface area contributed by atoms with Gasteiger partial charge in [-0.3, -0.25) is 28.7 Å². The first-order chi connectivity index (χ1) is 13.3. The van der Waals surface area contributed by atoms with Crippen LogP contribution in [0.5, 0.6) is 0 Å². The van der Waals surface area contributed by atoms with E-state index in [2.05, 4.69) is 29.9 Å². The normalized spacial score (nSPS) is 11.4. The van der Waals surface area contributed by atoms with Gasteiger partial charge in [-0.1, -0.05) is 0 Å². The number of nitrogens with one attached hydrogen (secondary N) is 2. The third-order valence-electron chi connectivity index (χ3n) is 3.79. The van der Waals surface area contributed by atoms with Crippen LogP contribution < -0.4 is 22.5 Å². The highest BCUT2D eigenvalue weighted by molar-refractivity contribution is 8.76. The van der Waals surface area contributed by atoms with Gasteiger partial charge in [-0.15, -0.1) is 0 Å². The maximum Gasteiger partial charge on any atom is 0.329 e. The molecular formula is C14H10N8O4S2. The Morgan fingerprint density at radius 1 is 0.750 bits per heavy atom. The smallest absolute Gasteiger partial charge is 0.290 e. The molecule has 28 heavy (non-hydrogen) atoms. The quantitative estimate of drug-likeness (QED) is 0.401. The van der Waals surface area contributed by atoms with E-state index in [1.165, 1.54) is 26.5 Å². The van der Waals surface area contributed by atoms with E-state index in [4.69, 9.17) is 0 Å². The Labute approximate surface area is 161 Å². The van der Waals surface area contributed by atoms with Gasteiger partial charge in [0.1, 0.15) is 10.1 Å². The van der Waals surface area contributed by atoms with E-state index in [0.29, 0.717) is 10.1 Å². The average Bonchev–Trinajstić information content (AvgIpc) is 2.68. The molecule has 14 heteroatoms. The number of aromatic amines is 2. The molecule has 0 unspecified atom stereocenters. The Kier molecular flexibility index (Phi) is 4.35. The minimum absolute atomic E-state index is 0.0513. The van der Waals surface area contributed by atoms with Crippen molar-refractivity contribution in [3.05, 3.63) is 54.1 Å². The Morgan fingerprint density at radius 2 is 1.14 bits per heavy atom. The van der Waals surface area contributed by atoms with Gasteiger partial charge in [0.25, 0.3) is 11.1 Å². The SMILES string of the molecule is Cn1c(=O)[nH]c2nc(SSc3cnc4c(=O)n(C)c(=O)[nH]c4n3)cnc2c1=O. The van der Waals surface area contributed by atoms with Crippen LogP contribution >= 0.6 is 21.6 Å². The fourth-order valence-corrected chi connectivity index (χ4v) is 3.88. The van der Waals surface area contributed by atoms with E-state index in [-0.39, 0.29) is 22.3 Å². The molecule has 4 heterocycles. The molecular weight excluding hydrogens is 408 g/mol. The fourth-order valence-electron chi connectivity index (χ4n) is 2.27. The number of aromatic nitrogens is 8. The maximum absolute atomic E-state index is 12.0. The molecule has 0 fully saturated rings. The summed E-state index contributed by atoms with van der Waals surface area (Å²) in [4.78, 5) is 68.9. The lowest BCUT2D eigenvalue weighted by Gasteiger charge is -2.04. The highest BCUT2D eigenvalue weighted by Crippen LogP contribution is 2.34. The van der Waals surface area contributed by atoms with Crippen molar-refractivity contribution in [2.75, 3.05) is 0 Å². The van der Waals surface area contributed by atoms with E-state index in [1.807, 2.05) is 0 Å². The number of rotatable bonds is 3. The van der Waals surface area contributed by atoms with Crippen molar-refractivity contribution in [2.24, 2.45) is 14.1 Å². The Balaban J connectivity index is 1.66. The molecule has 0 aliphatic heterocycles. The van der Waals surface area contributed by atoms with Crippen molar-refractivity contribution in [3.8, 4) is 0 Å². The van der Waals surface area contributed by atoms with Crippen LogP contribution in [0.25, 0.3) is 22.3 Å². The monoisotopic (exact) mass is 418 g/mol. The van der Waals surface area contributed by atoms with Gasteiger partial charge in [0.2, 0.25) is 0 Å². The van der Waals surface area contributed by atoms with Crippen molar-refractivity contribution in [1.29, 1.82) is 0 Å². The molecule has 4 aromatic heterocycles. The van der Waals surface area contributed by atoms with Crippen LogP contribution in [0.3, 0.4) is 0 Å². The summed E-state index contributed by atoms with van der Waals surface area (Å²) in [6, 6.07) is 0. The summed E-state index contributed by atoms with van der Waals surface area (Å²) < 4.78 is 1.82. The third kappa shape index (κ3) is 3.01. The van der Waals surface area contributed by atoms with Gasteiger partial charge in [-0.25, -0.2) is 29.5 Å². The predicted octanol–water partition coefficient (Wildman–Crippen LogP) is -0.854. The number of hydrogen-bond acceptors (Lipinski definition) is 10. The van der Waals surface area contributed by atoms with E-state index in [0.717, 1.165) is 30.7 Å². The number of fused-ring (bicyclic) bond motifs is 2. The molecule has 2 N–H and O–H groups in total. The molecule has 0 saturated carbocycles. The van der Waals surface area contributed by atoms with Crippen LogP contribution in [-0.4, -0.2) is 39.0 Å². The molecule has 12 nitrogen and oxygen atoms in total. The van der Waals surface area contributed by atoms with Crippen LogP contribution in [0.15, 0.2) is 41.6 Å². The summed E-state index contributed by atoms with van der Waals surface area (Å²) in [7, 11) is 5.01. The molecule has 0 amide bonds. The van der Waals surface area contributed by atoms with E-state index in [9.17, 15) is 19.2 Å². The first kappa shape index (κ1) is 18.1. The molecule has 0 spiro atoms. The van der Waals surface area contributed by atoms with Gasteiger partial charge >= 0.3 is 11.4 Å². The van der Waals surface area contributed by atoms with Crippen LogP contribution in [-0.2, 0) is 14.1 Å². The fraction of sp³-hybridized carbons (Fsp3) is 0.143. The van der Waals surface area contributed by atoms with Crippen LogP contribution in [0.2, 0.25) is 0 Å². The molecule has 142 valence electrons. The van der Waals surface area contributed by atoms with Crippen molar-refractivity contribution >= 4 is 43.9 Å². The standard InChI is InChI=1S/C14H10N8O4S2/c1-21-11(23)7-9(19-13(21)25)17-5(3-15-7)27-28-6-4-16-8-10(18-6)20-14(26)22(2)12(8)24/h3-4H,1-2H3,(H,17,19,25)(H,18,20,26). The lowest BCUT2D eigenvalue weighted by molar-refractivity contribution is 0.784. The molecule has 4 aromatic rings. The topological polar surface area (TPSA) is 161 Å². The molecule has 0 aliphatic carbocycles. The Hall–Kier alpha value is -3.26. The van der Waals surface area contributed by atoms with E-state index >= 15 is 0 Å². The van der Waals surface area contributed by atoms with Crippen LogP contribution in [0, 0.1) is 0 Å². The molecule has 0 atom stereocenters. The first-order valence-electron chi connectivity index (χ1n) is 7.62. The van der Waals surface area contributed by atoms with Gasteiger partial charge in [-0.2, -0.15) is 0 Å². The lowest BCUT2D eigenvalue weighted by Crippen LogP contribution is -2.33. The second-order valence-electron chi connectivity index (χ2n) is 5.57. The van der Waals surface area contributed by atoms with Gasteiger partial charge in [0, 0.05) is 14.1 Å². The highest BCUT2D eigenvalue weighted by atomic mass is 33.1. The maximum atomic E-state index is 12.0. The Bertz CT molecular complexity index is 1370. The molecule has 0 bridgehead atoms. The summed E-state index contributed by atoms with van der Waals surface area (Å²) in [5.74, 6) is 0. The minimum Gasteiger partial charge on any atom is -0.290 e.